The van der Waals surface area contributed by atoms with Gasteiger partial charge in [0.1, 0.15) is 0 Å². The van der Waals surface area contributed by atoms with Crippen LogP contribution in [-0.2, 0) is 23.6 Å². The van der Waals surface area contributed by atoms with Crippen LogP contribution in [0.5, 0.6) is 0 Å². The first-order valence-corrected chi connectivity index (χ1v) is 8.80. The Morgan fingerprint density at radius 1 is 1.32 bits per heavy atom. The summed E-state index contributed by atoms with van der Waals surface area (Å²) in [4.78, 5) is 11.2. The van der Waals surface area contributed by atoms with E-state index in [1.165, 1.54) is 11.8 Å². The fraction of sp³-hybridized carbons (Fsp3) is 0.429. The second-order valence-corrected chi connectivity index (χ2v) is 6.20. The third kappa shape index (κ3) is 4.05. The van der Waals surface area contributed by atoms with Crippen molar-refractivity contribution in [3.05, 3.63) is 24.2 Å². The summed E-state index contributed by atoms with van der Waals surface area (Å²) < 4.78 is 8.99. The van der Waals surface area contributed by atoms with Crippen LogP contribution in [0.2, 0.25) is 0 Å². The summed E-state index contributed by atoms with van der Waals surface area (Å²) in [6.07, 6.45) is 2.70. The van der Waals surface area contributed by atoms with E-state index in [0.29, 0.717) is 29.0 Å². The number of nitrogens with two attached hydrogens (primary N) is 1. The molecule has 0 aliphatic rings. The van der Waals surface area contributed by atoms with E-state index in [9.17, 15) is 4.79 Å². The summed E-state index contributed by atoms with van der Waals surface area (Å²) in [5.41, 5.74) is 5.28. The Labute approximate surface area is 147 Å². The van der Waals surface area contributed by atoms with Crippen LogP contribution in [0, 0.1) is 0 Å². The van der Waals surface area contributed by atoms with Gasteiger partial charge in [-0.25, -0.2) is 4.68 Å². The quantitative estimate of drug-likeness (QED) is 0.560. The minimum atomic E-state index is -0.387. The zero-order chi connectivity index (χ0) is 17.6. The number of aryl methyl sites for hydroxylation is 1. The number of amides is 1. The highest BCUT2D eigenvalue weighted by Gasteiger charge is 2.18. The molecule has 0 fully saturated rings. The Balaban J connectivity index is 1.80. The molecule has 3 heterocycles. The number of hydrogen-bond acceptors (Lipinski definition) is 8. The Morgan fingerprint density at radius 3 is 2.92 bits per heavy atom. The van der Waals surface area contributed by atoms with Gasteiger partial charge >= 0.3 is 0 Å². The van der Waals surface area contributed by atoms with Crippen LogP contribution in [0.1, 0.15) is 25.6 Å². The number of furan rings is 1. The lowest BCUT2D eigenvalue weighted by molar-refractivity contribution is -0.118. The summed E-state index contributed by atoms with van der Waals surface area (Å²) in [6, 6.07) is 3.56. The van der Waals surface area contributed by atoms with E-state index in [1.807, 2.05) is 4.57 Å². The second-order valence-electron chi connectivity index (χ2n) is 5.26. The third-order valence-corrected chi connectivity index (χ3v) is 4.37. The smallest absolute Gasteiger partial charge is 0.219 e. The lowest BCUT2D eigenvalue weighted by Crippen LogP contribution is -2.15. The van der Waals surface area contributed by atoms with Crippen molar-refractivity contribution in [2.45, 2.75) is 43.8 Å². The zero-order valence-electron chi connectivity index (χ0n) is 13.7. The summed E-state index contributed by atoms with van der Waals surface area (Å²) in [5, 5.41) is 20.8. The van der Waals surface area contributed by atoms with Crippen molar-refractivity contribution in [1.82, 2.24) is 35.0 Å². The van der Waals surface area contributed by atoms with Gasteiger partial charge in [0, 0.05) is 19.5 Å². The van der Waals surface area contributed by atoms with Crippen LogP contribution in [0.25, 0.3) is 11.6 Å². The Bertz CT molecular complexity index is 826. The highest BCUT2D eigenvalue weighted by Crippen LogP contribution is 2.26. The number of primary amides is 1. The Hall–Kier alpha value is -2.69. The molecule has 0 unspecified atom stereocenters. The van der Waals surface area contributed by atoms with Crippen LogP contribution < -0.4 is 5.73 Å². The fourth-order valence-electron chi connectivity index (χ4n) is 2.25. The average molecular weight is 362 g/mol. The molecule has 0 saturated heterocycles. The molecule has 11 heteroatoms. The highest BCUT2D eigenvalue weighted by molar-refractivity contribution is 7.98. The first kappa shape index (κ1) is 17.1. The predicted octanol–water partition coefficient (Wildman–Crippen LogP) is 1.10. The van der Waals surface area contributed by atoms with Gasteiger partial charge in [0.25, 0.3) is 0 Å². The zero-order valence-corrected chi connectivity index (χ0v) is 14.5. The van der Waals surface area contributed by atoms with Crippen molar-refractivity contribution in [1.29, 1.82) is 0 Å². The van der Waals surface area contributed by atoms with Crippen molar-refractivity contribution < 1.29 is 9.21 Å². The van der Waals surface area contributed by atoms with E-state index < -0.39 is 0 Å². The van der Waals surface area contributed by atoms with Gasteiger partial charge in [-0.05, 0) is 29.0 Å². The molecule has 0 aliphatic heterocycles. The van der Waals surface area contributed by atoms with E-state index in [-0.39, 0.29) is 12.3 Å². The van der Waals surface area contributed by atoms with E-state index in [0.717, 1.165) is 18.8 Å². The lowest BCUT2D eigenvalue weighted by Gasteiger charge is -2.08. The summed E-state index contributed by atoms with van der Waals surface area (Å²) in [6.45, 7) is 3.20. The minimum Gasteiger partial charge on any atom is -0.461 e. The van der Waals surface area contributed by atoms with Crippen molar-refractivity contribution in [3.63, 3.8) is 0 Å². The molecule has 132 valence electrons. The molecule has 0 radical (unpaired) electrons. The van der Waals surface area contributed by atoms with E-state index in [1.54, 1.807) is 23.1 Å². The molecule has 0 atom stereocenters. The van der Waals surface area contributed by atoms with Crippen molar-refractivity contribution in [2.75, 3.05) is 0 Å². The first-order valence-electron chi connectivity index (χ1n) is 7.82. The first-order chi connectivity index (χ1) is 12.2. The molecule has 2 N–H and O–H groups in total. The molecule has 3 aromatic heterocycles. The molecule has 0 spiro atoms. The summed E-state index contributed by atoms with van der Waals surface area (Å²) in [5.74, 6) is 2.05. The molecule has 1 amide bonds. The molecule has 0 aromatic carbocycles. The standard InChI is InChI=1S/C14H18N8O2S/c1-2-6-22-12(16-19-20-22)9-25-14-18-17-13(10-4-3-8-24-10)21(14)7-5-11(15)23/h3-4,8H,2,5-7,9H2,1H3,(H2,15,23). The molecule has 3 rings (SSSR count). The van der Waals surface area contributed by atoms with Gasteiger partial charge in [-0.1, -0.05) is 18.7 Å². The van der Waals surface area contributed by atoms with Crippen LogP contribution in [0.15, 0.2) is 28.0 Å². The average Bonchev–Trinajstić information content (AvgIpc) is 3.32. The second kappa shape index (κ2) is 7.92. The number of rotatable bonds is 9. The van der Waals surface area contributed by atoms with Crippen molar-refractivity contribution in [2.24, 2.45) is 5.73 Å². The number of thioether (sulfide) groups is 1. The van der Waals surface area contributed by atoms with Crippen LogP contribution in [-0.4, -0.2) is 40.9 Å². The van der Waals surface area contributed by atoms with Crippen molar-refractivity contribution >= 4 is 17.7 Å². The normalized spacial score (nSPS) is 11.1. The highest BCUT2D eigenvalue weighted by atomic mass is 32.2. The molecule has 3 aromatic rings. The topological polar surface area (TPSA) is 131 Å². The van der Waals surface area contributed by atoms with Gasteiger partial charge in [-0.2, -0.15) is 0 Å². The number of tetrazole rings is 1. The van der Waals surface area contributed by atoms with Crippen LogP contribution in [0.3, 0.4) is 0 Å². The monoisotopic (exact) mass is 362 g/mol. The number of nitrogens with zero attached hydrogens (tertiary/aromatic N) is 7. The van der Waals surface area contributed by atoms with Gasteiger partial charge in [0.2, 0.25) is 5.91 Å². The van der Waals surface area contributed by atoms with Gasteiger partial charge in [-0.3, -0.25) is 9.36 Å². The molecule has 0 bridgehead atoms. The van der Waals surface area contributed by atoms with Crippen molar-refractivity contribution in [3.8, 4) is 11.6 Å². The minimum absolute atomic E-state index is 0.187. The molecule has 0 aliphatic carbocycles. The summed E-state index contributed by atoms with van der Waals surface area (Å²) >= 11 is 1.45. The van der Waals surface area contributed by atoms with E-state index in [2.05, 4.69) is 32.6 Å². The Kier molecular flexibility index (Phi) is 5.43. The van der Waals surface area contributed by atoms with Crippen LogP contribution >= 0.6 is 11.8 Å². The van der Waals surface area contributed by atoms with Gasteiger partial charge in [-0.15, -0.1) is 15.3 Å². The lowest BCUT2D eigenvalue weighted by atomic mass is 10.3. The number of carbonyl (C=O) groups is 1. The summed E-state index contributed by atoms with van der Waals surface area (Å²) in [7, 11) is 0. The fourth-order valence-corrected chi connectivity index (χ4v) is 3.15. The maximum Gasteiger partial charge on any atom is 0.219 e. The Morgan fingerprint density at radius 2 is 2.20 bits per heavy atom. The van der Waals surface area contributed by atoms with Gasteiger partial charge in [0.05, 0.1) is 12.0 Å². The largest absolute Gasteiger partial charge is 0.461 e. The molecule has 10 nitrogen and oxygen atoms in total. The molecular weight excluding hydrogens is 344 g/mol. The number of hydrogen-bond donors (Lipinski definition) is 1. The SMILES string of the molecule is CCCn1nnnc1CSc1nnc(-c2ccco2)n1CCC(N)=O. The molecular formula is C14H18N8O2S. The maximum absolute atomic E-state index is 11.2. The van der Waals surface area contributed by atoms with E-state index >= 15 is 0 Å². The van der Waals surface area contributed by atoms with E-state index in [4.69, 9.17) is 10.2 Å². The van der Waals surface area contributed by atoms with Gasteiger partial charge in [0.15, 0.2) is 22.6 Å². The predicted molar refractivity (Wildman–Crippen MR) is 89.2 cm³/mol. The van der Waals surface area contributed by atoms with Crippen LogP contribution in [0.4, 0.5) is 0 Å². The van der Waals surface area contributed by atoms with Gasteiger partial charge < -0.3 is 10.2 Å². The maximum atomic E-state index is 11.2. The molecule has 25 heavy (non-hydrogen) atoms. The number of aromatic nitrogens is 7. The third-order valence-electron chi connectivity index (χ3n) is 3.41. The molecule has 0 saturated carbocycles. The number of carbonyl (C=O) groups excluding carboxylic acids is 1.